The van der Waals surface area contributed by atoms with Gasteiger partial charge in [0.15, 0.2) is 0 Å². The van der Waals surface area contributed by atoms with Gasteiger partial charge in [-0.3, -0.25) is 4.21 Å². The lowest BCUT2D eigenvalue weighted by molar-refractivity contribution is 0.543. The van der Waals surface area contributed by atoms with Gasteiger partial charge in [-0.1, -0.05) is 17.7 Å². The maximum Gasteiger partial charge on any atom is 0.148 e. The highest BCUT2D eigenvalue weighted by atomic mass is 32.2. The van der Waals surface area contributed by atoms with Crippen LogP contribution < -0.4 is 0 Å². The van der Waals surface area contributed by atoms with E-state index in [2.05, 4.69) is 6.58 Å². The molecule has 12 heteroatoms. The monoisotopic (exact) mass is 398 g/mol. The highest BCUT2D eigenvalue weighted by Gasteiger charge is 1.98. The zero-order valence-electron chi connectivity index (χ0n) is 13.6. The summed E-state index contributed by atoms with van der Waals surface area (Å²) in [5, 5.41) is 23.3. The fraction of sp³-hybridized carbons (Fsp3) is 0.583. The molecule has 1 atom stereocenters. The van der Waals surface area contributed by atoms with Crippen molar-refractivity contribution in [3.05, 3.63) is 12.7 Å². The van der Waals surface area contributed by atoms with E-state index in [1.54, 1.807) is 18.2 Å². The van der Waals surface area contributed by atoms with E-state index in [1.807, 2.05) is 0 Å². The number of sulfone groups is 2. The summed E-state index contributed by atoms with van der Waals surface area (Å²) in [5.74, 6) is -0.0486. The number of nitriles is 3. The van der Waals surface area contributed by atoms with Gasteiger partial charge in [0.05, 0.1) is 29.7 Å². The first-order valence-electron chi connectivity index (χ1n) is 5.88. The molecule has 1 unspecified atom stereocenters. The maximum absolute atomic E-state index is 10.2. The van der Waals surface area contributed by atoms with E-state index in [0.29, 0.717) is 0 Å². The minimum Gasteiger partial charge on any atom is -0.773 e. The van der Waals surface area contributed by atoms with Crippen LogP contribution in [0.4, 0.5) is 0 Å². The molecule has 0 saturated carbocycles. The smallest absolute Gasteiger partial charge is 0.148 e. The number of allylic oxidation sites excluding steroid dienone is 1. The number of nitrogens with zero attached hydrogens (tertiary/aromatic N) is 3. The van der Waals surface area contributed by atoms with Gasteiger partial charge in [-0.2, -0.15) is 15.8 Å². The fourth-order valence-corrected chi connectivity index (χ4v) is 1.39. The van der Waals surface area contributed by atoms with Crippen LogP contribution in [-0.4, -0.2) is 55.9 Å². The Labute approximate surface area is 146 Å². The normalized spacial score (nSPS) is 10.2. The molecular weight excluding hydrogens is 378 g/mol. The Morgan fingerprint density at radius 1 is 1.00 bits per heavy atom. The zero-order chi connectivity index (χ0) is 20.2. The first-order valence-corrected chi connectivity index (χ1v) is 11.5. The minimum atomic E-state index is -2.91. The Morgan fingerprint density at radius 2 is 1.21 bits per heavy atom. The molecule has 0 heterocycles. The van der Waals surface area contributed by atoms with Gasteiger partial charge < -0.3 is 4.55 Å². The molecule has 24 heavy (non-hydrogen) atoms. The van der Waals surface area contributed by atoms with E-state index in [0.717, 1.165) is 18.8 Å². The second kappa shape index (κ2) is 19.3. The van der Waals surface area contributed by atoms with Gasteiger partial charge in [0.1, 0.15) is 19.7 Å². The van der Waals surface area contributed by atoms with Crippen molar-refractivity contribution in [3.8, 4) is 18.2 Å². The molecule has 0 aromatic heterocycles. The third-order valence-corrected chi connectivity index (χ3v) is 3.15. The lowest BCUT2D eigenvalue weighted by Gasteiger charge is -1.85. The summed E-state index contributed by atoms with van der Waals surface area (Å²) in [6, 6.07) is 5.18. The summed E-state index contributed by atoms with van der Waals surface area (Å²) in [5.41, 5.74) is 0. The van der Waals surface area contributed by atoms with E-state index < -0.39 is 30.8 Å². The number of hydrogen-bond donors (Lipinski definition) is 0. The van der Waals surface area contributed by atoms with Gasteiger partial charge in [-0.15, -0.1) is 0 Å². The standard InChI is InChI=1S/2C4H7NO2S.C3H3N.CH4O2S/c2*1-8(6,7)4-2-3-5;1-2-3-4;1-4(2)3/h2*2,4H2,1H3;2H,1H2;1H3,(H,2,3)/p-1. The number of hydrogen-bond acceptors (Lipinski definition) is 9. The molecule has 0 aromatic rings. The predicted octanol–water partition coefficient (Wildman–Crippen LogP) is 0.0806. The van der Waals surface area contributed by atoms with Crippen LogP contribution in [0.5, 0.6) is 0 Å². The van der Waals surface area contributed by atoms with Crippen LogP contribution in [0.25, 0.3) is 0 Å². The lowest BCUT2D eigenvalue weighted by Crippen LogP contribution is -2.00. The van der Waals surface area contributed by atoms with Crippen LogP contribution in [0.1, 0.15) is 12.8 Å². The van der Waals surface area contributed by atoms with Gasteiger partial charge in [0, 0.05) is 31.4 Å². The molecule has 0 fully saturated rings. The highest BCUT2D eigenvalue weighted by Crippen LogP contribution is 1.85. The summed E-state index contributed by atoms with van der Waals surface area (Å²) in [6.45, 7) is 3.12. The van der Waals surface area contributed by atoms with Crippen molar-refractivity contribution in [2.45, 2.75) is 12.8 Å². The lowest BCUT2D eigenvalue weighted by atomic mass is 10.6. The Balaban J connectivity index is -0.000000117. The van der Waals surface area contributed by atoms with Crippen molar-refractivity contribution >= 4 is 30.8 Å². The van der Waals surface area contributed by atoms with Crippen molar-refractivity contribution in [2.24, 2.45) is 0 Å². The molecular formula is C12H20N3O6S3-. The Morgan fingerprint density at radius 3 is 1.25 bits per heavy atom. The number of rotatable bonds is 4. The molecule has 0 aliphatic carbocycles. The average molecular weight is 399 g/mol. The van der Waals surface area contributed by atoms with Crippen LogP contribution in [-0.2, 0) is 30.8 Å². The van der Waals surface area contributed by atoms with Crippen molar-refractivity contribution < 1.29 is 25.6 Å². The second-order valence-corrected chi connectivity index (χ2v) is 9.13. The third kappa shape index (κ3) is 87.9. The quantitative estimate of drug-likeness (QED) is 0.468. The molecule has 0 N–H and O–H groups in total. The van der Waals surface area contributed by atoms with Gasteiger partial charge in [0.2, 0.25) is 0 Å². The van der Waals surface area contributed by atoms with Crippen LogP contribution in [0.3, 0.4) is 0 Å². The van der Waals surface area contributed by atoms with Crippen LogP contribution >= 0.6 is 0 Å². The molecule has 138 valence electrons. The SMILES string of the molecule is C=CC#N.CS(=O)(=O)CCC#N.CS(=O)(=O)CCC#N.CS(=O)[O-]. The van der Waals surface area contributed by atoms with Gasteiger partial charge >= 0.3 is 0 Å². The van der Waals surface area contributed by atoms with Crippen LogP contribution in [0.15, 0.2) is 12.7 Å². The molecule has 0 amide bonds. The van der Waals surface area contributed by atoms with Gasteiger partial charge in [-0.05, 0) is 6.26 Å². The predicted molar refractivity (Wildman–Crippen MR) is 90.5 cm³/mol. The first kappa shape index (κ1) is 30.1. The van der Waals surface area contributed by atoms with Crippen LogP contribution in [0, 0.1) is 34.0 Å². The summed E-state index contributed by atoms with van der Waals surface area (Å²) in [7, 11) is -5.82. The van der Waals surface area contributed by atoms with Gasteiger partial charge in [-0.25, -0.2) is 16.8 Å². The zero-order valence-corrected chi connectivity index (χ0v) is 16.1. The van der Waals surface area contributed by atoms with Crippen molar-refractivity contribution in [1.82, 2.24) is 0 Å². The van der Waals surface area contributed by atoms with Crippen molar-refractivity contribution in [1.29, 1.82) is 15.8 Å². The summed E-state index contributed by atoms with van der Waals surface area (Å²) in [4.78, 5) is 0. The van der Waals surface area contributed by atoms with Crippen LogP contribution in [0.2, 0.25) is 0 Å². The molecule has 9 nitrogen and oxygen atoms in total. The molecule has 0 aliphatic heterocycles. The second-order valence-electron chi connectivity index (χ2n) is 3.81. The summed E-state index contributed by atoms with van der Waals surface area (Å²) >= 11 is -1.86. The molecule has 0 spiro atoms. The molecule has 0 radical (unpaired) electrons. The van der Waals surface area contributed by atoms with E-state index >= 15 is 0 Å². The summed E-state index contributed by atoms with van der Waals surface area (Å²) < 4.78 is 59.0. The molecule has 0 aliphatic rings. The summed E-state index contributed by atoms with van der Waals surface area (Å²) in [6.07, 6.45) is 4.69. The third-order valence-electron chi connectivity index (χ3n) is 1.26. The molecule has 0 bridgehead atoms. The average Bonchev–Trinajstić information content (AvgIpc) is 2.41. The first-order chi connectivity index (χ1) is 10.8. The maximum atomic E-state index is 10.2. The van der Waals surface area contributed by atoms with Gasteiger partial charge in [0.25, 0.3) is 0 Å². The Bertz CT molecular complexity index is 629. The molecule has 0 saturated heterocycles. The van der Waals surface area contributed by atoms with Crippen molar-refractivity contribution in [3.63, 3.8) is 0 Å². The Kier molecular flexibility index (Phi) is 24.2. The Hall–Kier alpha value is -1.78. The minimum absolute atomic E-state index is 0.0243. The topological polar surface area (TPSA) is 180 Å². The van der Waals surface area contributed by atoms with E-state index in [9.17, 15) is 16.8 Å². The van der Waals surface area contributed by atoms with E-state index in [4.69, 9.17) is 24.5 Å². The molecule has 0 aromatic carbocycles. The fourth-order valence-electron chi connectivity index (χ4n) is 0.462. The van der Waals surface area contributed by atoms with Crippen molar-refractivity contribution in [2.75, 3.05) is 30.3 Å². The molecule has 0 rings (SSSR count). The highest BCUT2D eigenvalue weighted by molar-refractivity contribution is 7.90. The largest absolute Gasteiger partial charge is 0.773 e. The van der Waals surface area contributed by atoms with E-state index in [-0.39, 0.29) is 24.3 Å². The van der Waals surface area contributed by atoms with E-state index in [1.165, 1.54) is 6.08 Å².